The molecule has 0 amide bonds. The van der Waals surface area contributed by atoms with Gasteiger partial charge in [-0.1, -0.05) is 13.3 Å². The normalized spacial score (nSPS) is 15.1. The van der Waals surface area contributed by atoms with Gasteiger partial charge in [-0.3, -0.25) is 4.98 Å². The molecule has 1 aromatic heterocycles. The summed E-state index contributed by atoms with van der Waals surface area (Å²) in [5.74, 6) is 0. The van der Waals surface area contributed by atoms with E-state index >= 15 is 0 Å². The van der Waals surface area contributed by atoms with Crippen molar-refractivity contribution >= 4 is 5.69 Å². The molecule has 0 unspecified atom stereocenters. The number of hydrogen-bond donors (Lipinski definition) is 1. The molecule has 1 aliphatic carbocycles. The fraction of sp³-hybridized carbons (Fsp3) is 0.615. The summed E-state index contributed by atoms with van der Waals surface area (Å²) >= 11 is 0. The van der Waals surface area contributed by atoms with Crippen LogP contribution in [0.15, 0.2) is 18.5 Å². The van der Waals surface area contributed by atoms with Crippen molar-refractivity contribution in [3.05, 3.63) is 24.0 Å². The molecule has 88 valence electrons. The number of rotatable bonds is 6. The van der Waals surface area contributed by atoms with Gasteiger partial charge in [0.1, 0.15) is 0 Å². The number of aromatic nitrogens is 1. The van der Waals surface area contributed by atoms with Crippen molar-refractivity contribution in [1.29, 1.82) is 0 Å². The zero-order valence-corrected chi connectivity index (χ0v) is 10.0. The Morgan fingerprint density at radius 2 is 2.31 bits per heavy atom. The highest BCUT2D eigenvalue weighted by molar-refractivity contribution is 5.53. The van der Waals surface area contributed by atoms with Crippen LogP contribution in [0.3, 0.4) is 0 Å². The SMILES string of the molecule is CCCCN(c1cnccc1CN)C1CC1. The Balaban J connectivity index is 2.16. The Labute approximate surface area is 97.7 Å². The third kappa shape index (κ3) is 2.53. The first-order chi connectivity index (χ1) is 7.86. The number of pyridine rings is 1. The van der Waals surface area contributed by atoms with Gasteiger partial charge < -0.3 is 10.6 Å². The summed E-state index contributed by atoms with van der Waals surface area (Å²) in [4.78, 5) is 6.73. The summed E-state index contributed by atoms with van der Waals surface area (Å²) in [7, 11) is 0. The first-order valence-corrected chi connectivity index (χ1v) is 6.26. The summed E-state index contributed by atoms with van der Waals surface area (Å²) in [5.41, 5.74) is 8.25. The summed E-state index contributed by atoms with van der Waals surface area (Å²) < 4.78 is 0. The largest absolute Gasteiger partial charge is 0.367 e. The van der Waals surface area contributed by atoms with Crippen LogP contribution in [0, 0.1) is 0 Å². The molecule has 2 rings (SSSR count). The highest BCUT2D eigenvalue weighted by Gasteiger charge is 2.29. The molecule has 0 aliphatic heterocycles. The molecule has 16 heavy (non-hydrogen) atoms. The van der Waals surface area contributed by atoms with E-state index in [2.05, 4.69) is 16.8 Å². The average Bonchev–Trinajstić information content (AvgIpc) is 3.14. The van der Waals surface area contributed by atoms with E-state index < -0.39 is 0 Å². The van der Waals surface area contributed by atoms with Crippen LogP contribution in [-0.2, 0) is 6.54 Å². The van der Waals surface area contributed by atoms with Crippen LogP contribution in [0.25, 0.3) is 0 Å². The molecule has 0 atom stereocenters. The molecule has 1 saturated carbocycles. The lowest BCUT2D eigenvalue weighted by Gasteiger charge is -2.26. The first-order valence-electron chi connectivity index (χ1n) is 6.26. The number of nitrogens with zero attached hydrogens (tertiary/aromatic N) is 2. The van der Waals surface area contributed by atoms with E-state index in [1.54, 1.807) is 0 Å². The Bertz CT molecular complexity index is 334. The molecule has 1 aromatic rings. The van der Waals surface area contributed by atoms with Crippen molar-refractivity contribution in [1.82, 2.24) is 4.98 Å². The Hall–Kier alpha value is -1.09. The van der Waals surface area contributed by atoms with E-state index in [4.69, 9.17) is 5.73 Å². The predicted molar refractivity (Wildman–Crippen MR) is 67.4 cm³/mol. The van der Waals surface area contributed by atoms with Gasteiger partial charge in [0.25, 0.3) is 0 Å². The minimum atomic E-state index is 0.604. The van der Waals surface area contributed by atoms with Gasteiger partial charge in [0.2, 0.25) is 0 Å². The van der Waals surface area contributed by atoms with Gasteiger partial charge in [-0.2, -0.15) is 0 Å². The van der Waals surface area contributed by atoms with Gasteiger partial charge in [-0.15, -0.1) is 0 Å². The Morgan fingerprint density at radius 1 is 1.50 bits per heavy atom. The van der Waals surface area contributed by atoms with E-state index in [0.717, 1.165) is 12.6 Å². The molecule has 0 saturated heterocycles. The van der Waals surface area contributed by atoms with Gasteiger partial charge in [0.15, 0.2) is 0 Å². The number of anilines is 1. The van der Waals surface area contributed by atoms with Gasteiger partial charge in [0.05, 0.1) is 11.9 Å². The first kappa shape index (κ1) is 11.4. The van der Waals surface area contributed by atoms with Gasteiger partial charge in [-0.05, 0) is 30.9 Å². The molecule has 1 fully saturated rings. The molecule has 1 aliphatic rings. The van der Waals surface area contributed by atoms with Crippen LogP contribution in [0.1, 0.15) is 38.2 Å². The molecule has 2 N–H and O–H groups in total. The number of hydrogen-bond acceptors (Lipinski definition) is 3. The fourth-order valence-electron chi connectivity index (χ4n) is 2.06. The van der Waals surface area contributed by atoms with Crippen LogP contribution in [0.2, 0.25) is 0 Å². The van der Waals surface area contributed by atoms with E-state index in [1.165, 1.54) is 36.9 Å². The Kier molecular flexibility index (Phi) is 3.78. The summed E-state index contributed by atoms with van der Waals surface area (Å²) in [6.07, 6.45) is 8.93. The number of unbranched alkanes of at least 4 members (excludes halogenated alkanes) is 1. The van der Waals surface area contributed by atoms with E-state index in [0.29, 0.717) is 6.54 Å². The summed E-state index contributed by atoms with van der Waals surface area (Å²) in [6.45, 7) is 3.98. The molecular weight excluding hydrogens is 198 g/mol. The van der Waals surface area contributed by atoms with Crippen LogP contribution in [0.4, 0.5) is 5.69 Å². The maximum Gasteiger partial charge on any atom is 0.0600 e. The second-order valence-corrected chi connectivity index (χ2v) is 4.49. The monoisotopic (exact) mass is 219 g/mol. The minimum Gasteiger partial charge on any atom is -0.367 e. The lowest BCUT2D eigenvalue weighted by atomic mass is 10.2. The van der Waals surface area contributed by atoms with Crippen molar-refractivity contribution in [3.63, 3.8) is 0 Å². The fourth-order valence-corrected chi connectivity index (χ4v) is 2.06. The van der Waals surface area contributed by atoms with Crippen molar-refractivity contribution in [2.45, 2.75) is 45.2 Å². The zero-order valence-electron chi connectivity index (χ0n) is 10.0. The molecule has 3 nitrogen and oxygen atoms in total. The average molecular weight is 219 g/mol. The minimum absolute atomic E-state index is 0.604. The van der Waals surface area contributed by atoms with Gasteiger partial charge in [0, 0.05) is 25.3 Å². The third-order valence-electron chi connectivity index (χ3n) is 3.16. The lowest BCUT2D eigenvalue weighted by Crippen LogP contribution is -2.28. The molecule has 0 spiro atoms. The maximum atomic E-state index is 5.78. The van der Waals surface area contributed by atoms with Crippen LogP contribution in [-0.4, -0.2) is 17.6 Å². The summed E-state index contributed by atoms with van der Waals surface area (Å²) in [6, 6.07) is 2.78. The quantitative estimate of drug-likeness (QED) is 0.798. The third-order valence-corrected chi connectivity index (χ3v) is 3.16. The zero-order chi connectivity index (χ0) is 11.4. The lowest BCUT2D eigenvalue weighted by molar-refractivity contribution is 0.708. The van der Waals surface area contributed by atoms with E-state index in [-0.39, 0.29) is 0 Å². The van der Waals surface area contributed by atoms with Crippen molar-refractivity contribution < 1.29 is 0 Å². The van der Waals surface area contributed by atoms with E-state index in [9.17, 15) is 0 Å². The predicted octanol–water partition coefficient (Wildman–Crippen LogP) is 2.31. The maximum absolute atomic E-state index is 5.78. The van der Waals surface area contributed by atoms with Crippen LogP contribution in [0.5, 0.6) is 0 Å². The smallest absolute Gasteiger partial charge is 0.0600 e. The highest BCUT2D eigenvalue weighted by Crippen LogP contribution is 2.33. The van der Waals surface area contributed by atoms with E-state index in [1.807, 2.05) is 18.5 Å². The molecule has 0 radical (unpaired) electrons. The standard InChI is InChI=1S/C13H21N3/c1-2-3-8-16(12-4-5-12)13-10-15-7-6-11(13)9-14/h6-7,10,12H,2-5,8-9,14H2,1H3. The van der Waals surface area contributed by atoms with Gasteiger partial charge >= 0.3 is 0 Å². The molecule has 1 heterocycles. The van der Waals surface area contributed by atoms with Crippen molar-refractivity contribution in [3.8, 4) is 0 Å². The van der Waals surface area contributed by atoms with Gasteiger partial charge in [-0.25, -0.2) is 0 Å². The second kappa shape index (κ2) is 5.30. The molecule has 0 aromatic carbocycles. The number of nitrogens with two attached hydrogens (primary N) is 1. The molecule has 3 heteroatoms. The van der Waals surface area contributed by atoms with Crippen LogP contribution < -0.4 is 10.6 Å². The second-order valence-electron chi connectivity index (χ2n) is 4.49. The van der Waals surface area contributed by atoms with Crippen molar-refractivity contribution in [2.24, 2.45) is 5.73 Å². The van der Waals surface area contributed by atoms with Crippen molar-refractivity contribution in [2.75, 3.05) is 11.4 Å². The molecular formula is C13H21N3. The Morgan fingerprint density at radius 3 is 2.94 bits per heavy atom. The highest BCUT2D eigenvalue weighted by atomic mass is 15.2. The summed E-state index contributed by atoms with van der Waals surface area (Å²) in [5, 5.41) is 0. The van der Waals surface area contributed by atoms with Crippen LogP contribution >= 0.6 is 0 Å². The molecule has 0 bridgehead atoms. The topological polar surface area (TPSA) is 42.2 Å².